The SMILES string of the molecule is CS(=O)c1ccc(C(=O)NCC2(C(=O)O)CC2)cc1. The van der Waals surface area contributed by atoms with Gasteiger partial charge in [-0.3, -0.25) is 13.8 Å². The van der Waals surface area contributed by atoms with Crippen LogP contribution in [0, 0.1) is 5.41 Å². The molecule has 0 aromatic heterocycles. The van der Waals surface area contributed by atoms with E-state index in [-0.39, 0.29) is 12.5 Å². The molecule has 0 bridgehead atoms. The fourth-order valence-corrected chi connectivity index (χ4v) is 2.29. The van der Waals surface area contributed by atoms with Gasteiger partial charge in [0.05, 0.1) is 5.41 Å². The van der Waals surface area contributed by atoms with Crippen molar-refractivity contribution in [2.75, 3.05) is 12.8 Å². The second-order valence-electron chi connectivity index (χ2n) is 4.75. The summed E-state index contributed by atoms with van der Waals surface area (Å²) in [6.45, 7) is 0.155. The van der Waals surface area contributed by atoms with Crippen molar-refractivity contribution in [2.45, 2.75) is 17.7 Å². The van der Waals surface area contributed by atoms with Crippen LogP contribution in [0.2, 0.25) is 0 Å². The minimum Gasteiger partial charge on any atom is -0.481 e. The molecule has 0 aliphatic heterocycles. The van der Waals surface area contributed by atoms with Gasteiger partial charge in [0.1, 0.15) is 0 Å². The number of carbonyl (C=O) groups is 2. The fraction of sp³-hybridized carbons (Fsp3) is 0.385. The van der Waals surface area contributed by atoms with E-state index in [0.29, 0.717) is 23.3 Å². The Bertz CT molecular complexity index is 534. The highest BCUT2D eigenvalue weighted by molar-refractivity contribution is 7.84. The number of carbonyl (C=O) groups excluding carboxylic acids is 1. The molecule has 1 aromatic carbocycles. The average molecular weight is 281 g/mol. The molecule has 1 saturated carbocycles. The lowest BCUT2D eigenvalue weighted by Gasteiger charge is -2.11. The number of aliphatic carboxylic acids is 1. The van der Waals surface area contributed by atoms with Crippen molar-refractivity contribution in [3.63, 3.8) is 0 Å². The molecule has 1 aliphatic rings. The Morgan fingerprint density at radius 1 is 1.32 bits per heavy atom. The number of amides is 1. The molecule has 1 amide bonds. The minimum absolute atomic E-state index is 0.155. The summed E-state index contributed by atoms with van der Waals surface area (Å²) in [5.41, 5.74) is -0.323. The van der Waals surface area contributed by atoms with Crippen LogP contribution in [0.5, 0.6) is 0 Å². The van der Waals surface area contributed by atoms with E-state index in [0.717, 1.165) is 0 Å². The molecule has 0 spiro atoms. The zero-order valence-electron chi connectivity index (χ0n) is 10.5. The molecule has 1 atom stereocenters. The molecule has 1 fully saturated rings. The van der Waals surface area contributed by atoms with E-state index in [1.165, 1.54) is 0 Å². The Morgan fingerprint density at radius 2 is 1.89 bits per heavy atom. The molecular weight excluding hydrogens is 266 g/mol. The van der Waals surface area contributed by atoms with Crippen molar-refractivity contribution >= 4 is 22.7 Å². The van der Waals surface area contributed by atoms with Gasteiger partial charge in [-0.15, -0.1) is 0 Å². The van der Waals surface area contributed by atoms with Crippen LogP contribution in [0.1, 0.15) is 23.2 Å². The second kappa shape index (κ2) is 5.13. The lowest BCUT2D eigenvalue weighted by atomic mass is 10.1. The standard InChI is InChI=1S/C13H15NO4S/c1-19(18)10-4-2-9(3-5-10)11(15)14-8-13(6-7-13)12(16)17/h2-5H,6-8H2,1H3,(H,14,15)(H,16,17). The van der Waals surface area contributed by atoms with Gasteiger partial charge in [0.15, 0.2) is 0 Å². The summed E-state index contributed by atoms with van der Waals surface area (Å²) in [5.74, 6) is -1.16. The lowest BCUT2D eigenvalue weighted by Crippen LogP contribution is -2.34. The topological polar surface area (TPSA) is 83.5 Å². The maximum absolute atomic E-state index is 11.8. The Hall–Kier alpha value is -1.69. The summed E-state index contributed by atoms with van der Waals surface area (Å²) in [6, 6.07) is 6.45. The molecule has 102 valence electrons. The number of rotatable bonds is 5. The Balaban J connectivity index is 1.97. The predicted molar refractivity (Wildman–Crippen MR) is 70.4 cm³/mol. The molecule has 1 aliphatic carbocycles. The largest absolute Gasteiger partial charge is 0.481 e. The van der Waals surface area contributed by atoms with Gasteiger partial charge in [-0.25, -0.2) is 0 Å². The van der Waals surface area contributed by atoms with E-state index in [9.17, 15) is 13.8 Å². The maximum atomic E-state index is 11.8. The third-order valence-corrected chi connectivity index (χ3v) is 4.28. The van der Waals surface area contributed by atoms with Gasteiger partial charge in [-0.2, -0.15) is 0 Å². The van der Waals surface area contributed by atoms with Crippen molar-refractivity contribution in [3.05, 3.63) is 29.8 Å². The summed E-state index contributed by atoms with van der Waals surface area (Å²) in [6.07, 6.45) is 2.78. The maximum Gasteiger partial charge on any atom is 0.311 e. The molecule has 1 aromatic rings. The first-order valence-electron chi connectivity index (χ1n) is 5.90. The van der Waals surface area contributed by atoms with Crippen LogP contribution in [0.25, 0.3) is 0 Å². The van der Waals surface area contributed by atoms with Crippen LogP contribution in [0.3, 0.4) is 0 Å². The van der Waals surface area contributed by atoms with Crippen molar-refractivity contribution in [3.8, 4) is 0 Å². The summed E-state index contributed by atoms with van der Waals surface area (Å²) < 4.78 is 11.2. The summed E-state index contributed by atoms with van der Waals surface area (Å²) >= 11 is 0. The zero-order valence-corrected chi connectivity index (χ0v) is 11.3. The molecule has 0 heterocycles. The van der Waals surface area contributed by atoms with E-state index in [2.05, 4.69) is 5.32 Å². The van der Waals surface area contributed by atoms with Crippen LogP contribution in [-0.2, 0) is 15.6 Å². The quantitative estimate of drug-likeness (QED) is 0.844. The Labute approximate surface area is 113 Å². The van der Waals surface area contributed by atoms with Crippen molar-refractivity contribution in [2.24, 2.45) is 5.41 Å². The summed E-state index contributed by atoms with van der Waals surface area (Å²) in [7, 11) is -1.07. The molecule has 1 unspecified atom stereocenters. The number of carboxylic acid groups (broad SMARTS) is 1. The van der Waals surface area contributed by atoms with Gasteiger partial charge in [-0.1, -0.05) is 0 Å². The Kier molecular flexibility index (Phi) is 3.71. The first kappa shape index (κ1) is 13.7. The highest BCUT2D eigenvalue weighted by Crippen LogP contribution is 2.45. The van der Waals surface area contributed by atoms with Crippen LogP contribution in [0.4, 0.5) is 0 Å². The summed E-state index contributed by atoms with van der Waals surface area (Å²) in [4.78, 5) is 23.5. The molecule has 2 rings (SSSR count). The molecule has 6 heteroatoms. The van der Waals surface area contributed by atoms with Crippen molar-refractivity contribution in [1.29, 1.82) is 0 Å². The first-order valence-corrected chi connectivity index (χ1v) is 7.45. The number of benzene rings is 1. The van der Waals surface area contributed by atoms with Gasteiger partial charge in [0, 0.05) is 34.1 Å². The second-order valence-corrected chi connectivity index (χ2v) is 6.13. The number of carboxylic acids is 1. The van der Waals surface area contributed by atoms with Gasteiger partial charge < -0.3 is 10.4 Å². The summed E-state index contributed by atoms with van der Waals surface area (Å²) in [5, 5.41) is 11.6. The monoisotopic (exact) mass is 281 g/mol. The van der Waals surface area contributed by atoms with Crippen LogP contribution in [0.15, 0.2) is 29.2 Å². The van der Waals surface area contributed by atoms with Crippen LogP contribution in [-0.4, -0.2) is 34.0 Å². The third-order valence-electron chi connectivity index (χ3n) is 3.34. The number of hydrogen-bond acceptors (Lipinski definition) is 3. The van der Waals surface area contributed by atoms with Crippen LogP contribution < -0.4 is 5.32 Å². The molecular formula is C13H15NO4S. The predicted octanol–water partition coefficient (Wildman–Crippen LogP) is 1.02. The van der Waals surface area contributed by atoms with Crippen molar-refractivity contribution in [1.82, 2.24) is 5.32 Å². The van der Waals surface area contributed by atoms with Gasteiger partial charge in [-0.05, 0) is 37.1 Å². The first-order chi connectivity index (χ1) is 8.94. The molecule has 2 N–H and O–H groups in total. The number of nitrogens with one attached hydrogen (secondary N) is 1. The van der Waals surface area contributed by atoms with Gasteiger partial charge >= 0.3 is 5.97 Å². The van der Waals surface area contributed by atoms with Gasteiger partial charge in [0.2, 0.25) is 0 Å². The lowest BCUT2D eigenvalue weighted by molar-refractivity contribution is -0.143. The van der Waals surface area contributed by atoms with E-state index < -0.39 is 22.2 Å². The van der Waals surface area contributed by atoms with Gasteiger partial charge in [0.25, 0.3) is 5.91 Å². The fourth-order valence-electron chi connectivity index (χ4n) is 1.77. The molecule has 19 heavy (non-hydrogen) atoms. The van der Waals surface area contributed by atoms with Crippen LogP contribution >= 0.6 is 0 Å². The van der Waals surface area contributed by atoms with E-state index in [1.807, 2.05) is 0 Å². The average Bonchev–Trinajstić information content (AvgIpc) is 3.17. The minimum atomic E-state index is -1.07. The van der Waals surface area contributed by atoms with Crippen molar-refractivity contribution < 1.29 is 18.9 Å². The molecule has 0 radical (unpaired) electrons. The van der Waals surface area contributed by atoms with E-state index in [1.54, 1.807) is 30.5 Å². The van der Waals surface area contributed by atoms with E-state index in [4.69, 9.17) is 5.11 Å². The normalized spacial score (nSPS) is 17.5. The Morgan fingerprint density at radius 3 is 2.32 bits per heavy atom. The highest BCUT2D eigenvalue weighted by Gasteiger charge is 2.50. The number of hydrogen-bond donors (Lipinski definition) is 2. The zero-order chi connectivity index (χ0) is 14.0. The van der Waals surface area contributed by atoms with E-state index >= 15 is 0 Å². The smallest absolute Gasteiger partial charge is 0.311 e. The molecule has 0 saturated heterocycles. The molecule has 5 nitrogen and oxygen atoms in total. The third kappa shape index (κ3) is 3.01. The highest BCUT2D eigenvalue weighted by atomic mass is 32.2.